The van der Waals surface area contributed by atoms with Gasteiger partial charge in [0.1, 0.15) is 6.61 Å². The van der Waals surface area contributed by atoms with Crippen LogP contribution in [0.5, 0.6) is 11.5 Å². The molecule has 2 amide bonds. The van der Waals surface area contributed by atoms with Gasteiger partial charge < -0.3 is 20.1 Å². The quantitative estimate of drug-likeness (QED) is 0.466. The monoisotopic (exact) mass is 453 g/mol. The number of hydrogen-bond acceptors (Lipinski definition) is 6. The molecule has 0 radical (unpaired) electrons. The van der Waals surface area contributed by atoms with E-state index >= 15 is 0 Å². The Balaban J connectivity index is 1.35. The van der Waals surface area contributed by atoms with E-state index in [0.29, 0.717) is 28.4 Å². The molecule has 4 N–H and O–H groups in total. The summed E-state index contributed by atoms with van der Waals surface area (Å²) < 4.78 is 38.9. The molecule has 0 aliphatic carbocycles. The lowest BCUT2D eigenvalue weighted by Gasteiger charge is -2.25. The molecule has 1 aliphatic rings. The summed E-state index contributed by atoms with van der Waals surface area (Å²) in [6, 6.07) is 18.9. The molecule has 0 saturated carbocycles. The molecule has 4 rings (SSSR count). The fourth-order valence-corrected chi connectivity index (χ4v) is 3.51. The molecule has 164 valence electrons. The van der Waals surface area contributed by atoms with Crippen LogP contribution in [-0.4, -0.2) is 33.3 Å². The van der Waals surface area contributed by atoms with Crippen LogP contribution in [0.2, 0.25) is 0 Å². The second-order valence-electron chi connectivity index (χ2n) is 6.94. The predicted molar refractivity (Wildman–Crippen MR) is 118 cm³/mol. The Bertz CT molecular complexity index is 1260. The van der Waals surface area contributed by atoms with Crippen LogP contribution < -0.4 is 20.1 Å². The van der Waals surface area contributed by atoms with E-state index in [0.717, 1.165) is 0 Å². The molecule has 10 heteroatoms. The SMILES string of the molecule is N=S(=O)(O)c1ccc(NC(=O)c2ccc(NC(=O)C3COc4ccccc4O3)cc2)cc1. The molecule has 0 fully saturated rings. The first-order valence-electron chi connectivity index (χ1n) is 9.52. The van der Waals surface area contributed by atoms with E-state index in [1.165, 1.54) is 24.3 Å². The van der Waals surface area contributed by atoms with Gasteiger partial charge in [-0.15, -0.1) is 0 Å². The number of ether oxygens (including phenoxy) is 2. The molecule has 3 aromatic carbocycles. The zero-order valence-electron chi connectivity index (χ0n) is 16.6. The number of rotatable bonds is 5. The average molecular weight is 453 g/mol. The number of carbonyl (C=O) groups excluding carboxylic acids is 2. The highest BCUT2D eigenvalue weighted by Crippen LogP contribution is 2.31. The lowest BCUT2D eigenvalue weighted by molar-refractivity contribution is -0.125. The van der Waals surface area contributed by atoms with Crippen LogP contribution in [0.4, 0.5) is 11.4 Å². The Morgan fingerprint density at radius 3 is 2.16 bits per heavy atom. The Morgan fingerprint density at radius 1 is 0.906 bits per heavy atom. The van der Waals surface area contributed by atoms with Gasteiger partial charge in [-0.1, -0.05) is 12.1 Å². The van der Waals surface area contributed by atoms with Crippen LogP contribution in [0.15, 0.2) is 77.7 Å². The van der Waals surface area contributed by atoms with Gasteiger partial charge in [-0.3, -0.25) is 14.1 Å². The van der Waals surface area contributed by atoms with Crippen molar-refractivity contribution in [2.45, 2.75) is 11.0 Å². The van der Waals surface area contributed by atoms with E-state index in [9.17, 15) is 18.4 Å². The molecule has 3 aromatic rings. The van der Waals surface area contributed by atoms with E-state index in [-0.39, 0.29) is 17.4 Å². The van der Waals surface area contributed by atoms with Crippen molar-refractivity contribution in [2.24, 2.45) is 0 Å². The largest absolute Gasteiger partial charge is 0.485 e. The van der Waals surface area contributed by atoms with Gasteiger partial charge >= 0.3 is 0 Å². The minimum absolute atomic E-state index is 0.0496. The predicted octanol–water partition coefficient (Wildman–Crippen LogP) is 3.60. The molecule has 1 heterocycles. The van der Waals surface area contributed by atoms with Gasteiger partial charge in [0.15, 0.2) is 21.5 Å². The highest BCUT2D eigenvalue weighted by atomic mass is 32.2. The molecule has 2 unspecified atom stereocenters. The van der Waals surface area contributed by atoms with Crippen LogP contribution in [0.3, 0.4) is 0 Å². The molecule has 1 aliphatic heterocycles. The fraction of sp³-hybridized carbons (Fsp3) is 0.0909. The summed E-state index contributed by atoms with van der Waals surface area (Å²) in [5.74, 6) is 0.327. The van der Waals surface area contributed by atoms with Crippen molar-refractivity contribution in [3.05, 3.63) is 78.4 Å². The zero-order chi connectivity index (χ0) is 22.7. The van der Waals surface area contributed by atoms with E-state index in [4.69, 9.17) is 14.3 Å². The Kier molecular flexibility index (Phi) is 5.80. The topological polar surface area (TPSA) is 138 Å². The molecular weight excluding hydrogens is 434 g/mol. The smallest absolute Gasteiger partial charge is 0.269 e. The zero-order valence-corrected chi connectivity index (χ0v) is 17.4. The summed E-state index contributed by atoms with van der Waals surface area (Å²) in [5, 5.41) is 5.39. The molecule has 9 nitrogen and oxygen atoms in total. The molecular formula is C22H19N3O6S. The van der Waals surface area contributed by atoms with Crippen LogP contribution in [0.1, 0.15) is 10.4 Å². The van der Waals surface area contributed by atoms with Gasteiger partial charge in [0, 0.05) is 16.9 Å². The van der Waals surface area contributed by atoms with E-state index in [1.54, 1.807) is 42.5 Å². The maximum absolute atomic E-state index is 12.5. The third-order valence-corrected chi connectivity index (χ3v) is 5.56. The highest BCUT2D eigenvalue weighted by Gasteiger charge is 2.27. The Morgan fingerprint density at radius 2 is 1.50 bits per heavy atom. The van der Waals surface area contributed by atoms with Gasteiger partial charge in [-0.05, 0) is 60.7 Å². The summed E-state index contributed by atoms with van der Waals surface area (Å²) in [7, 11) is -3.80. The van der Waals surface area contributed by atoms with Crippen molar-refractivity contribution in [3.8, 4) is 11.5 Å². The number of nitrogens with one attached hydrogen (secondary N) is 3. The number of anilines is 2. The summed E-state index contributed by atoms with van der Waals surface area (Å²) >= 11 is 0. The van der Waals surface area contributed by atoms with E-state index < -0.39 is 22.0 Å². The standard InChI is InChI=1S/C22H19N3O6S/c23-32(28,29)17-11-9-16(10-12-17)24-21(26)14-5-7-15(8-6-14)25-22(27)20-13-30-18-3-1-2-4-19(18)31-20/h1-12,20H,13H2,(H,24,26)(H,25,27)(H2,23,28,29). The summed E-state index contributed by atoms with van der Waals surface area (Å²) in [5.41, 5.74) is 1.26. The molecule has 0 saturated heterocycles. The van der Waals surface area contributed by atoms with Crippen molar-refractivity contribution in [1.29, 1.82) is 4.78 Å². The van der Waals surface area contributed by atoms with Crippen LogP contribution in [0.25, 0.3) is 0 Å². The van der Waals surface area contributed by atoms with Crippen molar-refractivity contribution < 1.29 is 27.8 Å². The van der Waals surface area contributed by atoms with Crippen molar-refractivity contribution in [3.63, 3.8) is 0 Å². The second kappa shape index (κ2) is 8.69. The number of amides is 2. The lowest BCUT2D eigenvalue weighted by Crippen LogP contribution is -2.40. The second-order valence-corrected chi connectivity index (χ2v) is 8.46. The summed E-state index contributed by atoms with van der Waals surface area (Å²) in [6.07, 6.45) is -0.798. The van der Waals surface area contributed by atoms with Crippen molar-refractivity contribution >= 4 is 33.2 Å². The number of benzene rings is 3. The Hall–Kier alpha value is -3.89. The highest BCUT2D eigenvalue weighted by molar-refractivity contribution is 7.86. The number of hydrogen-bond donors (Lipinski definition) is 4. The summed E-state index contributed by atoms with van der Waals surface area (Å²) in [6.45, 7) is 0.0909. The third-order valence-electron chi connectivity index (χ3n) is 4.65. The van der Waals surface area contributed by atoms with Crippen molar-refractivity contribution in [1.82, 2.24) is 0 Å². The first kappa shape index (κ1) is 21.3. The fourth-order valence-electron chi connectivity index (χ4n) is 3.00. The number of carbonyl (C=O) groups is 2. The van der Waals surface area contributed by atoms with Gasteiger partial charge in [-0.25, -0.2) is 8.99 Å². The summed E-state index contributed by atoms with van der Waals surface area (Å²) in [4.78, 5) is 24.9. The normalized spacial score (nSPS) is 16.5. The van der Waals surface area contributed by atoms with Crippen molar-refractivity contribution in [2.75, 3.05) is 17.2 Å². The molecule has 0 spiro atoms. The maximum Gasteiger partial charge on any atom is 0.269 e. The molecule has 0 aromatic heterocycles. The lowest BCUT2D eigenvalue weighted by atomic mass is 10.2. The van der Waals surface area contributed by atoms with Crippen LogP contribution in [0, 0.1) is 4.78 Å². The average Bonchev–Trinajstić information content (AvgIpc) is 2.79. The van der Waals surface area contributed by atoms with E-state index in [1.807, 2.05) is 6.07 Å². The van der Waals surface area contributed by atoms with Crippen LogP contribution >= 0.6 is 0 Å². The van der Waals surface area contributed by atoms with Crippen LogP contribution in [-0.2, 0) is 14.8 Å². The first-order chi connectivity index (χ1) is 15.3. The minimum atomic E-state index is -3.80. The van der Waals surface area contributed by atoms with Gasteiger partial charge in [0.2, 0.25) is 6.10 Å². The van der Waals surface area contributed by atoms with Gasteiger partial charge in [0.05, 0.1) is 4.90 Å². The number of fused-ring (bicyclic) bond motifs is 1. The maximum atomic E-state index is 12.5. The number of para-hydroxylation sites is 2. The Labute approximate surface area is 184 Å². The first-order valence-corrected chi connectivity index (χ1v) is 11.0. The molecule has 2 atom stereocenters. The van der Waals surface area contributed by atoms with Gasteiger partial charge in [0.25, 0.3) is 11.8 Å². The third kappa shape index (κ3) is 4.88. The van der Waals surface area contributed by atoms with Gasteiger partial charge in [-0.2, -0.15) is 0 Å². The minimum Gasteiger partial charge on any atom is -0.485 e. The van der Waals surface area contributed by atoms with E-state index in [2.05, 4.69) is 10.6 Å². The molecule has 32 heavy (non-hydrogen) atoms. The molecule has 0 bridgehead atoms.